The predicted molar refractivity (Wildman–Crippen MR) is 99.1 cm³/mol. The van der Waals surface area contributed by atoms with Crippen molar-refractivity contribution >= 4 is 11.8 Å². The number of fused-ring (bicyclic) bond motifs is 1. The van der Waals surface area contributed by atoms with E-state index >= 15 is 0 Å². The Kier molecular flexibility index (Phi) is 5.08. The first-order valence-electron chi connectivity index (χ1n) is 9.62. The number of halogens is 2. The Morgan fingerprint density at radius 1 is 1.27 bits per heavy atom. The number of hydrogen-bond donors (Lipinski definition) is 1. The zero-order valence-electron chi connectivity index (χ0n) is 16.5. The van der Waals surface area contributed by atoms with Gasteiger partial charge in [-0.15, -0.1) is 8.78 Å². The zero-order chi connectivity index (χ0) is 21.5. The van der Waals surface area contributed by atoms with Gasteiger partial charge in [0.1, 0.15) is 5.76 Å². The fourth-order valence-corrected chi connectivity index (χ4v) is 3.63. The van der Waals surface area contributed by atoms with Gasteiger partial charge in [0, 0.05) is 30.1 Å². The van der Waals surface area contributed by atoms with Gasteiger partial charge in [-0.3, -0.25) is 9.59 Å². The third kappa shape index (κ3) is 4.07. The first kappa shape index (κ1) is 20.1. The number of amides is 2. The van der Waals surface area contributed by atoms with Gasteiger partial charge in [-0.2, -0.15) is 0 Å². The summed E-state index contributed by atoms with van der Waals surface area (Å²) in [5.74, 6) is -0.0472. The topological polar surface area (TPSA) is 93.9 Å². The van der Waals surface area contributed by atoms with Crippen LogP contribution in [0.2, 0.25) is 0 Å². The van der Waals surface area contributed by atoms with Crippen LogP contribution in [-0.2, 0) is 11.3 Å². The average molecular weight is 421 g/mol. The van der Waals surface area contributed by atoms with E-state index in [4.69, 9.17) is 4.52 Å². The molecule has 2 aliphatic rings. The number of nitrogens with one attached hydrogen (secondary N) is 1. The van der Waals surface area contributed by atoms with E-state index in [0.717, 1.165) is 11.3 Å². The van der Waals surface area contributed by atoms with Gasteiger partial charge in [0.05, 0.1) is 12.2 Å². The molecule has 0 radical (unpaired) electrons. The van der Waals surface area contributed by atoms with Crippen LogP contribution in [0.15, 0.2) is 22.7 Å². The van der Waals surface area contributed by atoms with Crippen LogP contribution in [-0.4, -0.2) is 40.8 Å². The van der Waals surface area contributed by atoms with E-state index < -0.39 is 12.2 Å². The highest BCUT2D eigenvalue weighted by molar-refractivity contribution is 5.95. The number of nitrogens with zero attached hydrogens (tertiary/aromatic N) is 2. The van der Waals surface area contributed by atoms with E-state index in [1.54, 1.807) is 4.90 Å². The predicted octanol–water partition coefficient (Wildman–Crippen LogP) is 2.92. The van der Waals surface area contributed by atoms with Gasteiger partial charge in [-0.25, -0.2) is 0 Å². The largest absolute Gasteiger partial charge is 0.586 e. The molecule has 1 aromatic carbocycles. The normalized spacial score (nSPS) is 20.2. The summed E-state index contributed by atoms with van der Waals surface area (Å²) in [5.41, 5.74) is 1.82. The minimum absolute atomic E-state index is 0.00272. The second kappa shape index (κ2) is 7.58. The van der Waals surface area contributed by atoms with E-state index in [9.17, 15) is 18.4 Å². The molecule has 0 saturated carbocycles. The van der Waals surface area contributed by atoms with Crippen molar-refractivity contribution in [1.82, 2.24) is 15.4 Å². The number of benzene rings is 1. The molecule has 2 aromatic rings. The summed E-state index contributed by atoms with van der Waals surface area (Å²) in [6.45, 7) is 4.53. The fourth-order valence-electron chi connectivity index (χ4n) is 3.63. The maximum atomic E-state index is 13.2. The smallest absolute Gasteiger partial charge is 0.395 e. The van der Waals surface area contributed by atoms with Crippen LogP contribution in [0, 0.1) is 13.8 Å². The Bertz CT molecular complexity index is 971. The molecule has 10 heteroatoms. The molecule has 1 saturated heterocycles. The number of carbonyl (C=O) groups is 2. The lowest BCUT2D eigenvalue weighted by Crippen LogP contribution is -2.36. The highest BCUT2D eigenvalue weighted by Crippen LogP contribution is 2.41. The minimum atomic E-state index is -3.73. The molecule has 160 valence electrons. The molecule has 2 aliphatic heterocycles. The van der Waals surface area contributed by atoms with Crippen LogP contribution in [0.4, 0.5) is 8.78 Å². The van der Waals surface area contributed by atoms with Crippen molar-refractivity contribution in [2.24, 2.45) is 0 Å². The lowest BCUT2D eigenvalue weighted by molar-refractivity contribution is -0.286. The van der Waals surface area contributed by atoms with Crippen molar-refractivity contribution in [2.75, 3.05) is 6.54 Å². The van der Waals surface area contributed by atoms with Crippen LogP contribution < -0.4 is 14.8 Å². The van der Waals surface area contributed by atoms with Crippen molar-refractivity contribution in [3.8, 4) is 11.5 Å². The first-order valence-corrected chi connectivity index (χ1v) is 9.62. The van der Waals surface area contributed by atoms with Gasteiger partial charge < -0.3 is 24.2 Å². The minimum Gasteiger partial charge on any atom is -0.395 e. The van der Waals surface area contributed by atoms with E-state index in [1.807, 2.05) is 13.8 Å². The van der Waals surface area contributed by atoms with Crippen LogP contribution in [0.25, 0.3) is 0 Å². The number of alkyl halides is 2. The van der Waals surface area contributed by atoms with E-state index in [-0.39, 0.29) is 29.0 Å². The van der Waals surface area contributed by atoms with Crippen LogP contribution in [0.3, 0.4) is 0 Å². The Balaban J connectivity index is 1.38. The van der Waals surface area contributed by atoms with Crippen molar-refractivity contribution in [3.05, 3.63) is 40.8 Å². The van der Waals surface area contributed by atoms with Gasteiger partial charge in [0.15, 0.2) is 11.5 Å². The van der Waals surface area contributed by atoms with E-state index in [1.165, 1.54) is 18.2 Å². The summed E-state index contributed by atoms with van der Waals surface area (Å²) in [6, 6.07) is 3.66. The number of aryl methyl sites for hydroxylation is 2. The summed E-state index contributed by atoms with van der Waals surface area (Å²) < 4.78 is 40.2. The lowest BCUT2D eigenvalue weighted by Gasteiger charge is -2.21. The molecule has 30 heavy (non-hydrogen) atoms. The fraction of sp³-hybridized carbons (Fsp3) is 0.450. The molecule has 0 bridgehead atoms. The van der Waals surface area contributed by atoms with Crippen LogP contribution in [0.1, 0.15) is 46.6 Å². The molecule has 4 rings (SSSR count). The third-order valence-corrected chi connectivity index (χ3v) is 5.34. The van der Waals surface area contributed by atoms with Crippen LogP contribution >= 0.6 is 0 Å². The van der Waals surface area contributed by atoms with Gasteiger partial charge in [0.25, 0.3) is 5.91 Å². The molecule has 2 amide bonds. The van der Waals surface area contributed by atoms with Gasteiger partial charge in [0.2, 0.25) is 5.91 Å². The number of rotatable bonds is 4. The number of likely N-dealkylation sites (tertiary alicyclic amines) is 1. The third-order valence-electron chi connectivity index (χ3n) is 5.34. The molecule has 1 aromatic heterocycles. The van der Waals surface area contributed by atoms with Gasteiger partial charge in [-0.05, 0) is 44.9 Å². The average Bonchev–Trinajstić information content (AvgIpc) is 3.11. The molecule has 1 atom stereocenters. The Hall–Kier alpha value is -3.17. The molecular formula is C20H21F2N3O5. The zero-order valence-corrected chi connectivity index (χ0v) is 16.5. The molecule has 1 fully saturated rings. The molecule has 0 spiro atoms. The van der Waals surface area contributed by atoms with Crippen LogP contribution in [0.5, 0.6) is 11.5 Å². The second-order valence-corrected chi connectivity index (χ2v) is 7.44. The van der Waals surface area contributed by atoms with Gasteiger partial charge in [-0.1, -0.05) is 5.16 Å². The molecule has 0 aliphatic carbocycles. The maximum absolute atomic E-state index is 13.2. The Morgan fingerprint density at radius 2 is 2.03 bits per heavy atom. The van der Waals surface area contributed by atoms with E-state index in [2.05, 4.69) is 19.9 Å². The standard InChI is InChI=1S/C20H21F2N3O5/c1-11-15(12(2)30-24-11)10-25-8-7-14(4-6-18(25)26)23-19(27)13-3-5-16-17(9-13)29-20(21,22)28-16/h3,5,9,14H,4,6-8,10H2,1-2H3,(H,23,27). The number of hydrogen-bond acceptors (Lipinski definition) is 6. The van der Waals surface area contributed by atoms with E-state index in [0.29, 0.717) is 38.1 Å². The second-order valence-electron chi connectivity index (χ2n) is 7.44. The maximum Gasteiger partial charge on any atom is 0.586 e. The number of carbonyl (C=O) groups excluding carboxylic acids is 2. The SMILES string of the molecule is Cc1noc(C)c1CN1CCC(NC(=O)c2ccc3c(c2)OC(F)(F)O3)CCC1=O. The highest BCUT2D eigenvalue weighted by atomic mass is 19.3. The molecule has 8 nitrogen and oxygen atoms in total. The summed E-state index contributed by atoms with van der Waals surface area (Å²) in [5, 5.41) is 6.79. The molecule has 3 heterocycles. The summed E-state index contributed by atoms with van der Waals surface area (Å²) in [7, 11) is 0. The summed E-state index contributed by atoms with van der Waals surface area (Å²) in [6.07, 6.45) is -2.37. The quantitative estimate of drug-likeness (QED) is 0.816. The number of ether oxygens (including phenoxy) is 2. The molecule has 1 unspecified atom stereocenters. The lowest BCUT2D eigenvalue weighted by atomic mass is 10.1. The van der Waals surface area contributed by atoms with Crippen molar-refractivity contribution in [1.29, 1.82) is 0 Å². The first-order chi connectivity index (χ1) is 14.2. The molecule has 1 N–H and O–H groups in total. The summed E-state index contributed by atoms with van der Waals surface area (Å²) >= 11 is 0. The summed E-state index contributed by atoms with van der Waals surface area (Å²) in [4.78, 5) is 26.8. The van der Waals surface area contributed by atoms with Crippen molar-refractivity contribution < 1.29 is 32.4 Å². The molecular weight excluding hydrogens is 400 g/mol. The van der Waals surface area contributed by atoms with Crippen molar-refractivity contribution in [2.45, 2.75) is 52.0 Å². The monoisotopic (exact) mass is 421 g/mol. The Labute approximate surface area is 171 Å². The Morgan fingerprint density at radius 3 is 2.77 bits per heavy atom. The van der Waals surface area contributed by atoms with Gasteiger partial charge >= 0.3 is 6.29 Å². The number of aromatic nitrogens is 1. The highest BCUT2D eigenvalue weighted by Gasteiger charge is 2.43. The van der Waals surface area contributed by atoms with Crippen molar-refractivity contribution in [3.63, 3.8) is 0 Å².